The maximum Gasteiger partial charge on any atom is 0.150 e. The summed E-state index contributed by atoms with van der Waals surface area (Å²) in [5, 5.41) is 8.18. The van der Waals surface area contributed by atoms with Gasteiger partial charge in [-0.25, -0.2) is 0 Å². The maximum atomic E-state index is 5.97. The fourth-order valence-corrected chi connectivity index (χ4v) is 1.41. The molecule has 0 saturated heterocycles. The molecule has 64 valence electrons. The SMILES string of the molecule is NC1(c2nnc(C3CC3)[nH]2)CC1. The second-order valence-corrected chi connectivity index (χ2v) is 3.99. The van der Waals surface area contributed by atoms with E-state index in [9.17, 15) is 0 Å². The minimum Gasteiger partial charge on any atom is -0.327 e. The Morgan fingerprint density at radius 3 is 2.67 bits per heavy atom. The van der Waals surface area contributed by atoms with Crippen LogP contribution in [0.25, 0.3) is 0 Å². The molecule has 1 aromatic heterocycles. The summed E-state index contributed by atoms with van der Waals surface area (Å²) >= 11 is 0. The van der Waals surface area contributed by atoms with Gasteiger partial charge in [-0.1, -0.05) is 0 Å². The molecule has 4 heteroatoms. The fourth-order valence-electron chi connectivity index (χ4n) is 1.41. The Balaban J connectivity index is 1.91. The van der Waals surface area contributed by atoms with E-state index in [0.717, 1.165) is 24.5 Å². The quantitative estimate of drug-likeness (QED) is 0.673. The van der Waals surface area contributed by atoms with Gasteiger partial charge < -0.3 is 10.7 Å². The normalized spacial score (nSPS) is 25.8. The second-order valence-electron chi connectivity index (χ2n) is 3.99. The molecule has 0 spiro atoms. The first-order chi connectivity index (χ1) is 5.78. The summed E-state index contributed by atoms with van der Waals surface area (Å²) in [5.41, 5.74) is 5.82. The van der Waals surface area contributed by atoms with E-state index in [0.29, 0.717) is 5.92 Å². The molecular formula is C8H12N4. The largest absolute Gasteiger partial charge is 0.327 e. The van der Waals surface area contributed by atoms with E-state index in [1.165, 1.54) is 12.8 Å². The Morgan fingerprint density at radius 1 is 1.33 bits per heavy atom. The van der Waals surface area contributed by atoms with Crippen LogP contribution in [0.2, 0.25) is 0 Å². The number of nitrogens with two attached hydrogens (primary N) is 1. The molecule has 0 unspecified atom stereocenters. The highest BCUT2D eigenvalue weighted by Gasteiger charge is 2.44. The van der Waals surface area contributed by atoms with Gasteiger partial charge in [0.25, 0.3) is 0 Å². The van der Waals surface area contributed by atoms with Crippen molar-refractivity contribution in [3.8, 4) is 0 Å². The smallest absolute Gasteiger partial charge is 0.150 e. The van der Waals surface area contributed by atoms with Crippen molar-refractivity contribution >= 4 is 0 Å². The van der Waals surface area contributed by atoms with Gasteiger partial charge in [-0.05, 0) is 25.7 Å². The third kappa shape index (κ3) is 0.876. The minimum absolute atomic E-state index is 0.153. The molecule has 0 amide bonds. The Bertz CT molecular complexity index is 309. The van der Waals surface area contributed by atoms with Crippen LogP contribution >= 0.6 is 0 Å². The van der Waals surface area contributed by atoms with E-state index >= 15 is 0 Å². The summed E-state index contributed by atoms with van der Waals surface area (Å²) in [4.78, 5) is 3.23. The molecule has 2 fully saturated rings. The average Bonchev–Trinajstić information content (AvgIpc) is 2.97. The summed E-state index contributed by atoms with van der Waals surface area (Å²) < 4.78 is 0. The Labute approximate surface area is 70.6 Å². The molecule has 0 radical (unpaired) electrons. The molecule has 0 aliphatic heterocycles. The fraction of sp³-hybridized carbons (Fsp3) is 0.750. The Morgan fingerprint density at radius 2 is 2.08 bits per heavy atom. The van der Waals surface area contributed by atoms with Gasteiger partial charge >= 0.3 is 0 Å². The van der Waals surface area contributed by atoms with E-state index in [4.69, 9.17) is 5.73 Å². The van der Waals surface area contributed by atoms with Crippen LogP contribution in [0.1, 0.15) is 43.3 Å². The Hall–Kier alpha value is -0.900. The third-order valence-electron chi connectivity index (χ3n) is 2.73. The van der Waals surface area contributed by atoms with E-state index in [-0.39, 0.29) is 5.54 Å². The summed E-state index contributed by atoms with van der Waals surface area (Å²) in [6, 6.07) is 0. The molecule has 12 heavy (non-hydrogen) atoms. The summed E-state index contributed by atoms with van der Waals surface area (Å²) in [5.74, 6) is 2.58. The van der Waals surface area contributed by atoms with Crippen LogP contribution in [0.5, 0.6) is 0 Å². The van der Waals surface area contributed by atoms with Crippen LogP contribution in [0, 0.1) is 0 Å². The molecule has 0 atom stereocenters. The monoisotopic (exact) mass is 164 g/mol. The van der Waals surface area contributed by atoms with Gasteiger partial charge in [-0.15, -0.1) is 10.2 Å². The first kappa shape index (κ1) is 6.60. The van der Waals surface area contributed by atoms with Crippen molar-refractivity contribution in [1.82, 2.24) is 15.2 Å². The summed E-state index contributed by atoms with van der Waals surface area (Å²) in [7, 11) is 0. The van der Waals surface area contributed by atoms with Gasteiger partial charge in [-0.2, -0.15) is 0 Å². The highest BCUT2D eigenvalue weighted by atomic mass is 15.2. The highest BCUT2D eigenvalue weighted by molar-refractivity contribution is 5.16. The molecule has 0 aromatic carbocycles. The standard InChI is InChI=1S/C8H12N4/c9-8(3-4-8)7-10-6(11-12-7)5-1-2-5/h5H,1-4,9H2,(H,10,11,12). The summed E-state index contributed by atoms with van der Waals surface area (Å²) in [6.45, 7) is 0. The topological polar surface area (TPSA) is 67.6 Å². The van der Waals surface area contributed by atoms with Crippen LogP contribution in [-0.4, -0.2) is 15.2 Å². The minimum atomic E-state index is -0.153. The first-order valence-electron chi connectivity index (χ1n) is 4.50. The van der Waals surface area contributed by atoms with Crippen molar-refractivity contribution < 1.29 is 0 Å². The van der Waals surface area contributed by atoms with Gasteiger partial charge in [0.2, 0.25) is 0 Å². The molecule has 2 saturated carbocycles. The van der Waals surface area contributed by atoms with E-state index in [1.807, 2.05) is 0 Å². The Kier molecular flexibility index (Phi) is 1.03. The van der Waals surface area contributed by atoms with E-state index < -0.39 is 0 Å². The number of hydrogen-bond donors (Lipinski definition) is 2. The lowest BCUT2D eigenvalue weighted by Gasteiger charge is -2.00. The van der Waals surface area contributed by atoms with Crippen molar-refractivity contribution in [1.29, 1.82) is 0 Å². The van der Waals surface area contributed by atoms with Crippen molar-refractivity contribution in [3.05, 3.63) is 11.6 Å². The van der Waals surface area contributed by atoms with Crippen LogP contribution in [-0.2, 0) is 5.54 Å². The predicted molar refractivity (Wildman–Crippen MR) is 43.5 cm³/mol. The van der Waals surface area contributed by atoms with Gasteiger partial charge in [0, 0.05) is 5.92 Å². The molecule has 0 bridgehead atoms. The molecule has 1 aromatic rings. The lowest BCUT2D eigenvalue weighted by molar-refractivity contribution is 0.676. The number of nitrogens with zero attached hydrogens (tertiary/aromatic N) is 2. The molecular weight excluding hydrogens is 152 g/mol. The number of H-pyrrole nitrogens is 1. The average molecular weight is 164 g/mol. The third-order valence-corrected chi connectivity index (χ3v) is 2.73. The number of rotatable bonds is 2. The predicted octanol–water partition coefficient (Wildman–Crippen LogP) is 0.630. The van der Waals surface area contributed by atoms with Gasteiger partial charge in [0.1, 0.15) is 5.82 Å². The lowest BCUT2D eigenvalue weighted by Crippen LogP contribution is -2.20. The molecule has 2 aliphatic rings. The van der Waals surface area contributed by atoms with Crippen molar-refractivity contribution in [2.24, 2.45) is 5.73 Å². The molecule has 4 nitrogen and oxygen atoms in total. The summed E-state index contributed by atoms with van der Waals surface area (Å²) in [6.07, 6.45) is 4.61. The highest BCUT2D eigenvalue weighted by Crippen LogP contribution is 2.43. The number of aromatic amines is 1. The number of aromatic nitrogens is 3. The maximum absolute atomic E-state index is 5.97. The van der Waals surface area contributed by atoms with Crippen molar-refractivity contribution in [3.63, 3.8) is 0 Å². The molecule has 1 heterocycles. The zero-order chi connectivity index (χ0) is 8.18. The lowest BCUT2D eigenvalue weighted by atomic mass is 10.3. The van der Waals surface area contributed by atoms with Crippen LogP contribution in [0.15, 0.2) is 0 Å². The van der Waals surface area contributed by atoms with Crippen LogP contribution in [0.3, 0.4) is 0 Å². The van der Waals surface area contributed by atoms with Gasteiger partial charge in [0.05, 0.1) is 5.54 Å². The molecule has 2 aliphatic carbocycles. The zero-order valence-electron chi connectivity index (χ0n) is 6.88. The first-order valence-corrected chi connectivity index (χ1v) is 4.50. The molecule has 3 N–H and O–H groups in total. The van der Waals surface area contributed by atoms with Crippen molar-refractivity contribution in [2.75, 3.05) is 0 Å². The molecule has 3 rings (SSSR count). The number of hydrogen-bond acceptors (Lipinski definition) is 3. The number of nitrogens with one attached hydrogen (secondary N) is 1. The van der Waals surface area contributed by atoms with Crippen LogP contribution in [0.4, 0.5) is 0 Å². The van der Waals surface area contributed by atoms with Crippen molar-refractivity contribution in [2.45, 2.75) is 37.1 Å². The van der Waals surface area contributed by atoms with Crippen LogP contribution < -0.4 is 5.73 Å². The zero-order valence-corrected chi connectivity index (χ0v) is 6.88. The van der Waals surface area contributed by atoms with E-state index in [2.05, 4.69) is 15.2 Å². The second kappa shape index (κ2) is 1.88. The van der Waals surface area contributed by atoms with Gasteiger partial charge in [0.15, 0.2) is 5.82 Å². The van der Waals surface area contributed by atoms with Gasteiger partial charge in [-0.3, -0.25) is 0 Å². The van der Waals surface area contributed by atoms with E-state index in [1.54, 1.807) is 0 Å².